The third kappa shape index (κ3) is 4.28. The van der Waals surface area contributed by atoms with Gasteiger partial charge in [-0.15, -0.1) is 0 Å². The van der Waals surface area contributed by atoms with Crippen LogP contribution in [0.25, 0.3) is 0 Å². The number of ether oxygens (including phenoxy) is 2. The van der Waals surface area contributed by atoms with E-state index in [1.807, 2.05) is 6.92 Å². The Kier molecular flexibility index (Phi) is 5.85. The molecule has 5 nitrogen and oxygen atoms in total. The fraction of sp³-hybridized carbons (Fsp3) is 0.429. The molecule has 0 saturated heterocycles. The third-order valence-electron chi connectivity index (χ3n) is 2.50. The van der Waals surface area contributed by atoms with Gasteiger partial charge in [-0.25, -0.2) is 4.79 Å². The fourth-order valence-electron chi connectivity index (χ4n) is 1.49. The van der Waals surface area contributed by atoms with E-state index in [1.54, 1.807) is 25.1 Å². The van der Waals surface area contributed by atoms with E-state index >= 15 is 0 Å². The maximum absolute atomic E-state index is 10.9. The van der Waals surface area contributed by atoms with Crippen LogP contribution in [0.2, 0.25) is 0 Å². The van der Waals surface area contributed by atoms with Crippen LogP contribution in [0, 0.1) is 0 Å². The second kappa shape index (κ2) is 7.41. The van der Waals surface area contributed by atoms with E-state index < -0.39 is 12.1 Å². The SMILES string of the molecule is CCCOc1ccc(C=O)c(OC(CC)C(=O)O)c1. The first-order valence-corrected chi connectivity index (χ1v) is 6.23. The summed E-state index contributed by atoms with van der Waals surface area (Å²) < 4.78 is 10.8. The van der Waals surface area contributed by atoms with Crippen molar-refractivity contribution >= 4 is 12.3 Å². The van der Waals surface area contributed by atoms with Crippen LogP contribution in [-0.2, 0) is 4.79 Å². The molecule has 1 unspecified atom stereocenters. The van der Waals surface area contributed by atoms with E-state index in [1.165, 1.54) is 0 Å². The fourth-order valence-corrected chi connectivity index (χ4v) is 1.49. The molecule has 1 atom stereocenters. The van der Waals surface area contributed by atoms with Gasteiger partial charge in [-0.2, -0.15) is 0 Å². The number of carbonyl (C=O) groups excluding carboxylic acids is 1. The smallest absolute Gasteiger partial charge is 0.344 e. The van der Waals surface area contributed by atoms with Crippen LogP contribution in [0.15, 0.2) is 18.2 Å². The lowest BCUT2D eigenvalue weighted by molar-refractivity contribution is -0.145. The van der Waals surface area contributed by atoms with Gasteiger partial charge in [-0.1, -0.05) is 13.8 Å². The average Bonchev–Trinajstić information content (AvgIpc) is 2.42. The minimum absolute atomic E-state index is 0.234. The third-order valence-corrected chi connectivity index (χ3v) is 2.50. The maximum Gasteiger partial charge on any atom is 0.344 e. The van der Waals surface area contributed by atoms with Crippen molar-refractivity contribution in [2.24, 2.45) is 0 Å². The molecule has 0 aliphatic carbocycles. The predicted octanol–water partition coefficient (Wildman–Crippen LogP) is 2.53. The molecule has 1 aromatic rings. The number of hydrogen-bond acceptors (Lipinski definition) is 4. The molecule has 104 valence electrons. The lowest BCUT2D eigenvalue weighted by Gasteiger charge is -2.15. The lowest BCUT2D eigenvalue weighted by atomic mass is 10.2. The molecular formula is C14H18O5. The number of aliphatic carboxylic acids is 1. The van der Waals surface area contributed by atoms with Gasteiger partial charge < -0.3 is 14.6 Å². The Morgan fingerprint density at radius 2 is 2.16 bits per heavy atom. The van der Waals surface area contributed by atoms with Crippen LogP contribution < -0.4 is 9.47 Å². The van der Waals surface area contributed by atoms with E-state index in [4.69, 9.17) is 14.6 Å². The molecule has 1 rings (SSSR count). The van der Waals surface area contributed by atoms with E-state index in [9.17, 15) is 9.59 Å². The summed E-state index contributed by atoms with van der Waals surface area (Å²) in [7, 11) is 0. The number of rotatable bonds is 8. The molecule has 0 aromatic heterocycles. The monoisotopic (exact) mass is 266 g/mol. The highest BCUT2D eigenvalue weighted by molar-refractivity contribution is 5.80. The van der Waals surface area contributed by atoms with Crippen molar-refractivity contribution in [3.63, 3.8) is 0 Å². The molecule has 0 aliphatic rings. The summed E-state index contributed by atoms with van der Waals surface area (Å²) in [6.45, 7) is 4.24. The molecule has 0 radical (unpaired) electrons. The zero-order valence-corrected chi connectivity index (χ0v) is 11.1. The van der Waals surface area contributed by atoms with Crippen LogP contribution in [-0.4, -0.2) is 30.1 Å². The standard InChI is InChI=1S/C14H18O5/c1-3-7-18-11-6-5-10(9-15)13(8-11)19-12(4-2)14(16)17/h5-6,8-9,12H,3-4,7H2,1-2H3,(H,16,17). The molecular weight excluding hydrogens is 248 g/mol. The summed E-state index contributed by atoms with van der Waals surface area (Å²) in [5.41, 5.74) is 0.309. The van der Waals surface area contributed by atoms with Gasteiger partial charge in [-0.3, -0.25) is 4.79 Å². The highest BCUT2D eigenvalue weighted by Crippen LogP contribution is 2.25. The van der Waals surface area contributed by atoms with Crippen LogP contribution in [0.3, 0.4) is 0 Å². The zero-order chi connectivity index (χ0) is 14.3. The molecule has 0 heterocycles. The summed E-state index contributed by atoms with van der Waals surface area (Å²) in [6, 6.07) is 4.76. The molecule has 1 aromatic carbocycles. The number of hydrogen-bond donors (Lipinski definition) is 1. The molecule has 0 bridgehead atoms. The minimum Gasteiger partial charge on any atom is -0.493 e. The van der Waals surface area contributed by atoms with Gasteiger partial charge >= 0.3 is 5.97 Å². The maximum atomic E-state index is 10.9. The number of benzene rings is 1. The van der Waals surface area contributed by atoms with Gasteiger partial charge in [0.2, 0.25) is 0 Å². The van der Waals surface area contributed by atoms with Crippen molar-refractivity contribution in [3.05, 3.63) is 23.8 Å². The first-order valence-electron chi connectivity index (χ1n) is 6.23. The van der Waals surface area contributed by atoms with E-state index in [0.717, 1.165) is 6.42 Å². The quantitative estimate of drug-likeness (QED) is 0.732. The van der Waals surface area contributed by atoms with Gasteiger partial charge in [0.1, 0.15) is 11.5 Å². The molecule has 0 spiro atoms. The summed E-state index contributed by atoms with van der Waals surface area (Å²) in [5.74, 6) is -0.264. The topological polar surface area (TPSA) is 72.8 Å². The number of aldehydes is 1. The molecule has 5 heteroatoms. The summed E-state index contributed by atoms with van der Waals surface area (Å²) in [5, 5.41) is 8.96. The zero-order valence-electron chi connectivity index (χ0n) is 11.1. The Labute approximate surface area is 112 Å². The number of carbonyl (C=O) groups is 2. The second-order valence-electron chi connectivity index (χ2n) is 4.02. The van der Waals surface area contributed by atoms with Crippen molar-refractivity contribution in [2.45, 2.75) is 32.8 Å². The van der Waals surface area contributed by atoms with Crippen LogP contribution in [0.4, 0.5) is 0 Å². The Morgan fingerprint density at radius 3 is 2.68 bits per heavy atom. The molecule has 0 saturated carbocycles. The van der Waals surface area contributed by atoms with E-state index in [2.05, 4.69) is 0 Å². The Hall–Kier alpha value is -2.04. The minimum atomic E-state index is -1.06. The van der Waals surface area contributed by atoms with Crippen molar-refractivity contribution < 1.29 is 24.2 Å². The molecule has 0 amide bonds. The summed E-state index contributed by atoms with van der Waals surface area (Å²) in [6.07, 6.45) is 0.833. The van der Waals surface area contributed by atoms with Crippen molar-refractivity contribution in [1.82, 2.24) is 0 Å². The van der Waals surface area contributed by atoms with Crippen LogP contribution in [0.5, 0.6) is 11.5 Å². The molecule has 0 fully saturated rings. The Morgan fingerprint density at radius 1 is 1.42 bits per heavy atom. The lowest BCUT2D eigenvalue weighted by Crippen LogP contribution is -2.26. The average molecular weight is 266 g/mol. The molecule has 1 N–H and O–H groups in total. The van der Waals surface area contributed by atoms with Gasteiger partial charge in [0.25, 0.3) is 0 Å². The second-order valence-corrected chi connectivity index (χ2v) is 4.02. The highest BCUT2D eigenvalue weighted by Gasteiger charge is 2.18. The van der Waals surface area contributed by atoms with Gasteiger partial charge in [0, 0.05) is 6.07 Å². The Balaban J connectivity index is 2.94. The predicted molar refractivity (Wildman–Crippen MR) is 70.0 cm³/mol. The largest absolute Gasteiger partial charge is 0.493 e. The van der Waals surface area contributed by atoms with Crippen molar-refractivity contribution in [1.29, 1.82) is 0 Å². The van der Waals surface area contributed by atoms with E-state index in [0.29, 0.717) is 30.6 Å². The molecule has 0 aliphatic heterocycles. The van der Waals surface area contributed by atoms with Crippen LogP contribution in [0.1, 0.15) is 37.0 Å². The highest BCUT2D eigenvalue weighted by atomic mass is 16.5. The summed E-state index contributed by atoms with van der Waals surface area (Å²) in [4.78, 5) is 21.9. The first kappa shape index (κ1) is 15.0. The van der Waals surface area contributed by atoms with Crippen molar-refractivity contribution in [2.75, 3.05) is 6.61 Å². The van der Waals surface area contributed by atoms with Crippen molar-refractivity contribution in [3.8, 4) is 11.5 Å². The molecule has 19 heavy (non-hydrogen) atoms. The van der Waals surface area contributed by atoms with Gasteiger partial charge in [-0.05, 0) is 25.0 Å². The summed E-state index contributed by atoms with van der Waals surface area (Å²) >= 11 is 0. The van der Waals surface area contributed by atoms with Gasteiger partial charge in [0.15, 0.2) is 12.4 Å². The first-order chi connectivity index (χ1) is 9.12. The normalized spacial score (nSPS) is 11.7. The van der Waals surface area contributed by atoms with Crippen LogP contribution >= 0.6 is 0 Å². The van der Waals surface area contributed by atoms with Gasteiger partial charge in [0.05, 0.1) is 12.2 Å². The Bertz CT molecular complexity index is 441. The van der Waals surface area contributed by atoms with E-state index in [-0.39, 0.29) is 5.75 Å². The number of carboxylic acids is 1. The number of carboxylic acid groups (broad SMARTS) is 1.